The largest absolute Gasteiger partial charge is 0.331 e. The van der Waals surface area contributed by atoms with Gasteiger partial charge in [-0.1, -0.05) is 0 Å². The van der Waals surface area contributed by atoms with Crippen LogP contribution in [0.3, 0.4) is 0 Å². The molecule has 1 amide bonds. The number of rotatable bonds is 4. The van der Waals surface area contributed by atoms with Crippen molar-refractivity contribution in [1.82, 2.24) is 14.6 Å². The van der Waals surface area contributed by atoms with Crippen molar-refractivity contribution in [2.24, 2.45) is 5.10 Å². The molecule has 0 aromatic carbocycles. The van der Waals surface area contributed by atoms with Crippen molar-refractivity contribution in [3.8, 4) is 0 Å². The molecule has 7 nitrogen and oxygen atoms in total. The number of hydrogen-bond donors (Lipinski definition) is 1. The minimum absolute atomic E-state index is 0.105. The molecule has 114 valence electrons. The fraction of sp³-hybridized carbons (Fsp3) is 0.538. The smallest absolute Gasteiger partial charge is 0.293 e. The van der Waals surface area contributed by atoms with Crippen LogP contribution in [0.2, 0.25) is 0 Å². The molecule has 1 aliphatic heterocycles. The van der Waals surface area contributed by atoms with E-state index in [1.807, 2.05) is 0 Å². The summed E-state index contributed by atoms with van der Waals surface area (Å²) in [5.74, 6) is 1.21. The summed E-state index contributed by atoms with van der Waals surface area (Å²) in [6, 6.07) is 1.50. The van der Waals surface area contributed by atoms with Crippen molar-refractivity contribution < 1.29 is 4.79 Å². The lowest BCUT2D eigenvalue weighted by Crippen LogP contribution is -2.46. The molecule has 2 heterocycles. The van der Waals surface area contributed by atoms with Gasteiger partial charge >= 0.3 is 5.69 Å². The zero-order valence-electron chi connectivity index (χ0n) is 12.3. The van der Waals surface area contributed by atoms with E-state index in [1.54, 1.807) is 37.1 Å². The summed E-state index contributed by atoms with van der Waals surface area (Å²) >= 11 is 1.75. The quantitative estimate of drug-likeness (QED) is 0.632. The second-order valence-electron chi connectivity index (χ2n) is 5.15. The third-order valence-corrected chi connectivity index (χ3v) is 4.35. The first-order valence-corrected chi connectivity index (χ1v) is 7.76. The standard InChI is InChI=1S/C13H18N4O3S/c1-8(2)14-15-11(18)5-16-12(19)4-9(3)17(13(16)20)10-6-21-7-10/h4,10H,5-7H2,1-3H3,(H,15,18). The minimum Gasteiger partial charge on any atom is -0.293 e. The molecule has 0 atom stereocenters. The highest BCUT2D eigenvalue weighted by molar-refractivity contribution is 8.00. The molecule has 1 saturated heterocycles. The lowest BCUT2D eigenvalue weighted by atomic mass is 10.3. The molecule has 1 aromatic heterocycles. The van der Waals surface area contributed by atoms with E-state index in [0.717, 1.165) is 16.1 Å². The maximum atomic E-state index is 12.4. The van der Waals surface area contributed by atoms with Crippen molar-refractivity contribution in [2.75, 3.05) is 11.5 Å². The summed E-state index contributed by atoms with van der Waals surface area (Å²) in [7, 11) is 0. The van der Waals surface area contributed by atoms with E-state index in [0.29, 0.717) is 11.4 Å². The summed E-state index contributed by atoms with van der Waals surface area (Å²) < 4.78 is 2.55. The van der Waals surface area contributed by atoms with Gasteiger partial charge in [0.1, 0.15) is 6.54 Å². The van der Waals surface area contributed by atoms with E-state index < -0.39 is 17.2 Å². The van der Waals surface area contributed by atoms with E-state index in [4.69, 9.17) is 0 Å². The van der Waals surface area contributed by atoms with E-state index in [-0.39, 0.29) is 12.6 Å². The van der Waals surface area contributed by atoms with E-state index in [2.05, 4.69) is 10.5 Å². The number of thioether (sulfide) groups is 1. The SMILES string of the molecule is CC(C)=NNC(=O)Cn1c(=O)cc(C)n(C2CSC2)c1=O. The van der Waals surface area contributed by atoms with Gasteiger partial charge in [-0.2, -0.15) is 16.9 Å². The fourth-order valence-corrected chi connectivity index (χ4v) is 2.76. The predicted molar refractivity (Wildman–Crippen MR) is 83.0 cm³/mol. The van der Waals surface area contributed by atoms with Crippen LogP contribution >= 0.6 is 11.8 Å². The summed E-state index contributed by atoms with van der Waals surface area (Å²) in [5.41, 5.74) is 2.73. The van der Waals surface area contributed by atoms with Crippen LogP contribution in [-0.4, -0.2) is 32.3 Å². The van der Waals surface area contributed by atoms with Crippen LogP contribution in [0.5, 0.6) is 0 Å². The number of aromatic nitrogens is 2. The monoisotopic (exact) mass is 310 g/mol. The van der Waals surface area contributed by atoms with Gasteiger partial charge in [-0.15, -0.1) is 0 Å². The highest BCUT2D eigenvalue weighted by Gasteiger charge is 2.24. The van der Waals surface area contributed by atoms with E-state index in [9.17, 15) is 14.4 Å². The second kappa shape index (κ2) is 6.30. The Morgan fingerprint density at radius 3 is 2.62 bits per heavy atom. The molecule has 0 aliphatic carbocycles. The van der Waals surface area contributed by atoms with Crippen LogP contribution in [0, 0.1) is 6.92 Å². The highest BCUT2D eigenvalue weighted by Crippen LogP contribution is 2.28. The third-order valence-electron chi connectivity index (χ3n) is 3.11. The first-order valence-electron chi connectivity index (χ1n) is 6.60. The molecule has 1 aromatic rings. The van der Waals surface area contributed by atoms with Crippen LogP contribution in [0.4, 0.5) is 0 Å². The van der Waals surface area contributed by atoms with Gasteiger partial charge in [-0.25, -0.2) is 10.2 Å². The molecule has 21 heavy (non-hydrogen) atoms. The van der Waals surface area contributed by atoms with Crippen LogP contribution < -0.4 is 16.7 Å². The number of nitrogens with one attached hydrogen (secondary N) is 1. The Hall–Kier alpha value is -1.83. The van der Waals surface area contributed by atoms with Crippen molar-refractivity contribution >= 4 is 23.4 Å². The third kappa shape index (κ3) is 3.44. The Labute approximate surface area is 126 Å². The molecule has 0 spiro atoms. The van der Waals surface area contributed by atoms with Gasteiger partial charge in [0.2, 0.25) is 0 Å². The Morgan fingerprint density at radius 2 is 2.10 bits per heavy atom. The Morgan fingerprint density at radius 1 is 1.43 bits per heavy atom. The molecule has 1 aliphatic rings. The molecule has 1 fully saturated rings. The molecule has 0 radical (unpaired) electrons. The Bertz CT molecular complexity index is 696. The first-order chi connectivity index (χ1) is 9.90. The van der Waals surface area contributed by atoms with E-state index in [1.165, 1.54) is 6.07 Å². The highest BCUT2D eigenvalue weighted by atomic mass is 32.2. The zero-order valence-corrected chi connectivity index (χ0v) is 13.1. The number of nitrogens with zero attached hydrogens (tertiary/aromatic N) is 3. The number of carbonyl (C=O) groups is 1. The summed E-state index contributed by atoms with van der Waals surface area (Å²) in [6.07, 6.45) is 0. The van der Waals surface area contributed by atoms with Gasteiger partial charge in [0.15, 0.2) is 0 Å². The summed E-state index contributed by atoms with van der Waals surface area (Å²) in [5, 5.41) is 3.77. The van der Waals surface area contributed by atoms with Gasteiger partial charge in [0, 0.05) is 29.0 Å². The van der Waals surface area contributed by atoms with Gasteiger partial charge < -0.3 is 0 Å². The maximum absolute atomic E-state index is 12.4. The lowest BCUT2D eigenvalue weighted by molar-refractivity contribution is -0.121. The van der Waals surface area contributed by atoms with Crippen molar-refractivity contribution in [2.45, 2.75) is 33.4 Å². The van der Waals surface area contributed by atoms with Crippen molar-refractivity contribution in [3.63, 3.8) is 0 Å². The second-order valence-corrected chi connectivity index (χ2v) is 6.22. The van der Waals surface area contributed by atoms with Gasteiger partial charge in [-0.3, -0.25) is 18.7 Å². The molecule has 1 N–H and O–H groups in total. The van der Waals surface area contributed by atoms with Crippen LogP contribution in [0.25, 0.3) is 0 Å². The Balaban J connectivity index is 2.31. The Kier molecular flexibility index (Phi) is 4.66. The van der Waals surface area contributed by atoms with Crippen LogP contribution in [-0.2, 0) is 11.3 Å². The number of hydrogen-bond acceptors (Lipinski definition) is 5. The van der Waals surface area contributed by atoms with Crippen LogP contribution in [0.1, 0.15) is 25.6 Å². The first kappa shape index (κ1) is 15.6. The summed E-state index contributed by atoms with van der Waals surface area (Å²) in [4.78, 5) is 36.1. The van der Waals surface area contributed by atoms with Crippen molar-refractivity contribution in [1.29, 1.82) is 0 Å². The molecular weight excluding hydrogens is 292 g/mol. The predicted octanol–water partition coefficient (Wildman–Crippen LogP) is 0.118. The lowest BCUT2D eigenvalue weighted by Gasteiger charge is -2.29. The molecule has 0 saturated carbocycles. The van der Waals surface area contributed by atoms with Gasteiger partial charge in [0.05, 0.1) is 6.04 Å². The number of amides is 1. The van der Waals surface area contributed by atoms with E-state index >= 15 is 0 Å². The average molecular weight is 310 g/mol. The van der Waals surface area contributed by atoms with Gasteiger partial charge in [-0.05, 0) is 20.8 Å². The normalized spacial score (nSPS) is 14.4. The van der Waals surface area contributed by atoms with Crippen molar-refractivity contribution in [3.05, 3.63) is 32.6 Å². The number of aryl methyl sites for hydroxylation is 1. The maximum Gasteiger partial charge on any atom is 0.331 e. The topological polar surface area (TPSA) is 85.5 Å². The minimum atomic E-state index is -0.492. The molecular formula is C13H18N4O3S. The van der Waals surface area contributed by atoms with Gasteiger partial charge in [0.25, 0.3) is 11.5 Å². The van der Waals surface area contributed by atoms with Crippen LogP contribution in [0.15, 0.2) is 20.8 Å². The molecule has 2 rings (SSSR count). The molecule has 0 bridgehead atoms. The molecule has 8 heteroatoms. The number of hydrazone groups is 1. The summed E-state index contributed by atoms with van der Waals surface area (Å²) in [6.45, 7) is 4.88. The number of carbonyl (C=O) groups excluding carboxylic acids is 1. The fourth-order valence-electron chi connectivity index (χ4n) is 2.02. The zero-order chi connectivity index (χ0) is 15.6. The molecule has 0 unspecified atom stereocenters. The average Bonchev–Trinajstić information content (AvgIpc) is 2.34.